The van der Waals surface area contributed by atoms with Gasteiger partial charge >= 0.3 is 11.9 Å². The summed E-state index contributed by atoms with van der Waals surface area (Å²) in [5.74, 6) is -5.03. The summed E-state index contributed by atoms with van der Waals surface area (Å²) < 4.78 is 5.65. The second-order valence-electron chi connectivity index (χ2n) is 9.94. The molecule has 3 atom stereocenters. The van der Waals surface area contributed by atoms with Crippen molar-refractivity contribution in [3.05, 3.63) is 47.2 Å². The Bertz CT molecular complexity index is 1310. The van der Waals surface area contributed by atoms with E-state index in [2.05, 4.69) is 16.0 Å². The Balaban J connectivity index is 2.04. The number of amides is 4. The molecule has 6 N–H and O–H groups in total. The van der Waals surface area contributed by atoms with E-state index in [1.165, 1.54) is 18.2 Å². The molecule has 0 aliphatic carbocycles. The summed E-state index contributed by atoms with van der Waals surface area (Å²) in [5, 5.41) is 35.8. The van der Waals surface area contributed by atoms with Crippen LogP contribution in [0.2, 0.25) is 0 Å². The third-order valence-electron chi connectivity index (χ3n) is 6.87. The van der Waals surface area contributed by atoms with Crippen LogP contribution in [0.3, 0.4) is 0 Å². The van der Waals surface area contributed by atoms with Crippen molar-refractivity contribution in [3.63, 3.8) is 0 Å². The average Bonchev–Trinajstić information content (AvgIpc) is 3.46. The number of carbonyl (C=O) groups excluding carboxylic acids is 4. The Labute approximate surface area is 248 Å². The minimum absolute atomic E-state index is 0.0462. The number of hydroxylamine groups is 2. The highest BCUT2D eigenvalue weighted by atomic mass is 16.5. The summed E-state index contributed by atoms with van der Waals surface area (Å²) in [6.45, 7) is 5.16. The highest BCUT2D eigenvalue weighted by Crippen LogP contribution is 2.25. The number of benzene rings is 1. The number of carboxylic acids is 2. The van der Waals surface area contributed by atoms with E-state index in [1.807, 2.05) is 6.92 Å². The van der Waals surface area contributed by atoms with E-state index in [-0.39, 0.29) is 24.4 Å². The minimum Gasteiger partial charge on any atom is -0.481 e. The van der Waals surface area contributed by atoms with Crippen LogP contribution in [0.4, 0.5) is 0 Å². The largest absolute Gasteiger partial charge is 0.481 e. The van der Waals surface area contributed by atoms with E-state index in [4.69, 9.17) is 14.6 Å². The van der Waals surface area contributed by atoms with Crippen LogP contribution in [0, 0.1) is 12.8 Å². The van der Waals surface area contributed by atoms with Crippen molar-refractivity contribution in [1.82, 2.24) is 21.0 Å². The smallest absolute Gasteiger partial charge is 0.326 e. The number of hydrogen-bond acceptors (Lipinski definition) is 8. The summed E-state index contributed by atoms with van der Waals surface area (Å²) in [5.41, 5.74) is 1.11. The number of nitrogens with zero attached hydrogens (tertiary/aromatic N) is 1. The molecule has 0 aliphatic heterocycles. The van der Waals surface area contributed by atoms with Crippen LogP contribution < -0.4 is 16.0 Å². The Morgan fingerprint density at radius 2 is 1.72 bits per heavy atom. The zero-order chi connectivity index (χ0) is 32.1. The number of aliphatic carboxylic acids is 2. The highest BCUT2D eigenvalue weighted by molar-refractivity contribution is 5.99. The molecule has 0 fully saturated rings. The van der Waals surface area contributed by atoms with Crippen molar-refractivity contribution in [2.45, 2.75) is 71.4 Å². The zero-order valence-corrected chi connectivity index (χ0v) is 24.3. The van der Waals surface area contributed by atoms with Crippen LogP contribution >= 0.6 is 0 Å². The summed E-state index contributed by atoms with van der Waals surface area (Å²) in [7, 11) is 0. The second kappa shape index (κ2) is 16.7. The van der Waals surface area contributed by atoms with Crippen molar-refractivity contribution in [2.75, 3.05) is 6.67 Å². The summed E-state index contributed by atoms with van der Waals surface area (Å²) >= 11 is 0. The molecule has 2 aromatic rings. The molecule has 2 rings (SSSR count). The quantitative estimate of drug-likeness (QED) is 0.0482. The number of rotatable bonds is 18. The Morgan fingerprint density at radius 1 is 1.00 bits per heavy atom. The minimum atomic E-state index is -1.60. The number of aryl methyl sites for hydroxylation is 1. The molecule has 1 aromatic heterocycles. The second-order valence-corrected chi connectivity index (χ2v) is 9.94. The van der Waals surface area contributed by atoms with Crippen molar-refractivity contribution in [3.8, 4) is 11.3 Å². The molecule has 0 spiro atoms. The molecule has 14 nitrogen and oxygen atoms in total. The summed E-state index contributed by atoms with van der Waals surface area (Å²) in [6, 6.07) is 5.22. The van der Waals surface area contributed by atoms with Gasteiger partial charge in [-0.2, -0.15) is 0 Å². The van der Waals surface area contributed by atoms with Crippen LogP contribution in [0.15, 0.2) is 34.7 Å². The number of unbranched alkanes of at least 4 members (excludes halogenated alkanes) is 2. The molecule has 14 heteroatoms. The molecule has 4 amide bonds. The van der Waals surface area contributed by atoms with Gasteiger partial charge in [0, 0.05) is 11.1 Å². The normalized spacial score (nSPS) is 12.8. The first-order valence-electron chi connectivity index (χ1n) is 13.9. The molecule has 1 aromatic carbocycles. The third-order valence-corrected chi connectivity index (χ3v) is 6.87. The van der Waals surface area contributed by atoms with Crippen molar-refractivity contribution in [1.29, 1.82) is 0 Å². The molecule has 0 aliphatic rings. The number of carboxylic acid groups (broad SMARTS) is 2. The van der Waals surface area contributed by atoms with E-state index < -0.39 is 54.1 Å². The lowest BCUT2D eigenvalue weighted by molar-refractivity contribution is -0.168. The number of furan rings is 1. The van der Waals surface area contributed by atoms with Gasteiger partial charge in [-0.1, -0.05) is 39.2 Å². The Hall–Kier alpha value is -4.72. The molecule has 0 radical (unpaired) electrons. The molecular formula is C29H38N4O10. The van der Waals surface area contributed by atoms with E-state index in [0.29, 0.717) is 34.8 Å². The van der Waals surface area contributed by atoms with Crippen molar-refractivity contribution < 1.29 is 48.6 Å². The molecule has 1 heterocycles. The van der Waals surface area contributed by atoms with Crippen molar-refractivity contribution >= 4 is 36.1 Å². The summed E-state index contributed by atoms with van der Waals surface area (Å²) in [4.78, 5) is 71.4. The first-order chi connectivity index (χ1) is 20.4. The van der Waals surface area contributed by atoms with Gasteiger partial charge in [0.25, 0.3) is 11.8 Å². The predicted molar refractivity (Wildman–Crippen MR) is 152 cm³/mol. The van der Waals surface area contributed by atoms with E-state index >= 15 is 0 Å². The first-order valence-corrected chi connectivity index (χ1v) is 13.9. The van der Waals surface area contributed by atoms with Crippen LogP contribution in [0.1, 0.15) is 78.8 Å². The maximum absolute atomic E-state index is 12.9. The Kier molecular flexibility index (Phi) is 13.4. The van der Waals surface area contributed by atoms with E-state index in [1.54, 1.807) is 26.0 Å². The van der Waals surface area contributed by atoms with Crippen molar-refractivity contribution in [2.24, 2.45) is 5.92 Å². The van der Waals surface area contributed by atoms with Gasteiger partial charge < -0.3 is 30.6 Å². The lowest BCUT2D eigenvalue weighted by Crippen LogP contribution is -2.47. The van der Waals surface area contributed by atoms with Gasteiger partial charge in [0.2, 0.25) is 12.3 Å². The van der Waals surface area contributed by atoms with Gasteiger partial charge in [-0.05, 0) is 49.6 Å². The monoisotopic (exact) mass is 602 g/mol. The predicted octanol–water partition coefficient (Wildman–Crippen LogP) is 2.54. The average molecular weight is 603 g/mol. The highest BCUT2D eigenvalue weighted by Gasteiger charge is 2.30. The number of hydrogen-bond donors (Lipinski definition) is 6. The topological polar surface area (TPSA) is 216 Å². The maximum atomic E-state index is 12.9. The third kappa shape index (κ3) is 9.95. The molecule has 43 heavy (non-hydrogen) atoms. The molecule has 234 valence electrons. The van der Waals surface area contributed by atoms with Gasteiger partial charge in [-0.3, -0.25) is 29.2 Å². The van der Waals surface area contributed by atoms with Gasteiger partial charge in [0.15, 0.2) is 5.76 Å². The Morgan fingerprint density at radius 3 is 2.30 bits per heavy atom. The lowest BCUT2D eigenvalue weighted by atomic mass is 9.90. The fourth-order valence-electron chi connectivity index (χ4n) is 4.57. The van der Waals surface area contributed by atoms with Crippen LogP contribution in [-0.4, -0.2) is 75.3 Å². The molecule has 0 saturated carbocycles. The van der Waals surface area contributed by atoms with Crippen LogP contribution in [0.25, 0.3) is 11.3 Å². The molecule has 0 saturated heterocycles. The summed E-state index contributed by atoms with van der Waals surface area (Å²) in [6.07, 6.45) is 2.87. The molecular weight excluding hydrogens is 564 g/mol. The van der Waals surface area contributed by atoms with Crippen LogP contribution in [0.5, 0.6) is 0 Å². The molecule has 0 bridgehead atoms. The first kappa shape index (κ1) is 34.5. The lowest BCUT2D eigenvalue weighted by Gasteiger charge is -2.29. The molecule has 0 unspecified atom stereocenters. The maximum Gasteiger partial charge on any atom is 0.326 e. The van der Waals surface area contributed by atoms with E-state index in [9.17, 15) is 34.0 Å². The van der Waals surface area contributed by atoms with Gasteiger partial charge in [-0.25, -0.2) is 9.86 Å². The fourth-order valence-corrected chi connectivity index (χ4v) is 4.57. The standard InChI is InChI=1S/C29H38N4O10/c1-4-6-7-8-20(22(5-2)33(42)16-34)26(37)30-15-31-28(39)24-12-11-23(43-24)18-9-10-19(17(3)13-18)27(38)32-21(29(40)41)14-25(35)36/h9-13,16,20-22,42H,4-8,14-15H2,1-3H3,(H,30,37)(H,31,39)(H,32,38)(H,35,36)(H,40,41)/t20-,21+,22-/m1/s1. The number of carbonyl (C=O) groups is 6. The fraction of sp³-hybridized carbons (Fsp3) is 0.448. The van der Waals surface area contributed by atoms with Crippen LogP contribution in [-0.2, 0) is 19.2 Å². The van der Waals surface area contributed by atoms with Gasteiger partial charge in [-0.15, -0.1) is 0 Å². The number of nitrogens with one attached hydrogen (secondary N) is 3. The van der Waals surface area contributed by atoms with E-state index in [0.717, 1.165) is 19.3 Å². The zero-order valence-electron chi connectivity index (χ0n) is 24.3. The SMILES string of the molecule is CCCCC[C@@H](C(=O)NCNC(=O)c1ccc(-c2ccc(C(=O)N[C@@H](CC(=O)O)C(=O)O)c(C)c2)o1)[C@@H](CC)N(O)C=O. The van der Waals surface area contributed by atoms with Gasteiger partial charge in [0.05, 0.1) is 25.0 Å². The van der Waals surface area contributed by atoms with Gasteiger partial charge in [0.1, 0.15) is 11.8 Å².